The minimum Gasteiger partial charge on any atom is -0.613 e. The molecule has 0 amide bonds. The number of nitrogens with one attached hydrogen (secondary N) is 1. The molecule has 4 heteroatoms. The molecule has 0 aliphatic rings. The van der Waals surface area contributed by atoms with Crippen LogP contribution in [0.3, 0.4) is 0 Å². The maximum Gasteiger partial charge on any atom is 0.129 e. The van der Waals surface area contributed by atoms with Crippen LogP contribution < -0.4 is 11.0 Å². The van der Waals surface area contributed by atoms with Gasteiger partial charge in [0.15, 0.2) is 0 Å². The van der Waals surface area contributed by atoms with E-state index >= 15 is 0 Å². The fourth-order valence-electron chi connectivity index (χ4n) is 1.38. The number of carbonyl (C=O) groups excluding carboxylic acids is 1. The molecule has 0 radical (unpaired) electrons. The van der Waals surface area contributed by atoms with E-state index in [1.54, 1.807) is 6.92 Å². The van der Waals surface area contributed by atoms with Crippen molar-refractivity contribution in [2.24, 2.45) is 5.84 Å². The van der Waals surface area contributed by atoms with Crippen molar-refractivity contribution in [3.05, 3.63) is 5.21 Å². The van der Waals surface area contributed by atoms with Gasteiger partial charge in [0.2, 0.25) is 0 Å². The fraction of sp³-hybridized carbons (Fsp3) is 0.900. The van der Waals surface area contributed by atoms with Gasteiger partial charge in [-0.05, 0) is 26.2 Å². The minimum atomic E-state index is -0.207. The lowest BCUT2D eigenvalue weighted by Crippen LogP contribution is -3.13. The SMILES string of the molecule is CC(=O)CCCCCCCC[NH+](N)[O-]. The van der Waals surface area contributed by atoms with Crippen LogP contribution in [0, 0.1) is 5.21 Å². The predicted octanol–water partition coefficient (Wildman–Crippen LogP) is 0.563. The number of carbonyl (C=O) groups is 1. The number of nitrogens with two attached hydrogens (primary N) is 1. The molecule has 0 fully saturated rings. The molecule has 14 heavy (non-hydrogen) atoms. The third-order valence-corrected chi connectivity index (χ3v) is 2.20. The van der Waals surface area contributed by atoms with Crippen molar-refractivity contribution in [2.75, 3.05) is 6.54 Å². The summed E-state index contributed by atoms with van der Waals surface area (Å²) in [6, 6.07) is 0. The molecule has 0 aliphatic carbocycles. The van der Waals surface area contributed by atoms with Gasteiger partial charge in [-0.2, -0.15) is 5.84 Å². The first-order valence-corrected chi connectivity index (χ1v) is 5.40. The van der Waals surface area contributed by atoms with Gasteiger partial charge in [0.05, 0.1) is 6.54 Å². The van der Waals surface area contributed by atoms with Crippen LogP contribution in [0.15, 0.2) is 0 Å². The van der Waals surface area contributed by atoms with Gasteiger partial charge in [-0.1, -0.05) is 19.3 Å². The number of hydrogen-bond acceptors (Lipinski definition) is 3. The summed E-state index contributed by atoms with van der Waals surface area (Å²) in [4.78, 5) is 10.6. The fourth-order valence-corrected chi connectivity index (χ4v) is 1.38. The normalized spacial score (nSPS) is 12.8. The third kappa shape index (κ3) is 11.6. The van der Waals surface area contributed by atoms with Gasteiger partial charge in [0.1, 0.15) is 5.78 Å². The number of quaternary nitrogens is 1. The zero-order chi connectivity index (χ0) is 10.8. The second kappa shape index (κ2) is 9.12. The van der Waals surface area contributed by atoms with E-state index in [1.807, 2.05) is 0 Å². The summed E-state index contributed by atoms with van der Waals surface area (Å²) in [6.07, 6.45) is 7.12. The predicted molar refractivity (Wildman–Crippen MR) is 56.4 cm³/mol. The molecule has 0 rings (SSSR count). The molecular weight excluding hydrogens is 180 g/mol. The Labute approximate surface area is 86.0 Å². The molecule has 84 valence electrons. The summed E-state index contributed by atoms with van der Waals surface area (Å²) in [7, 11) is 0. The quantitative estimate of drug-likeness (QED) is 0.326. The Morgan fingerprint density at radius 1 is 1.14 bits per heavy atom. The summed E-state index contributed by atoms with van der Waals surface area (Å²) < 4.78 is 0. The molecule has 0 aliphatic heterocycles. The third-order valence-electron chi connectivity index (χ3n) is 2.20. The van der Waals surface area contributed by atoms with E-state index in [2.05, 4.69) is 0 Å². The van der Waals surface area contributed by atoms with Crippen molar-refractivity contribution in [2.45, 2.75) is 51.9 Å². The Morgan fingerprint density at radius 3 is 2.14 bits per heavy atom. The summed E-state index contributed by atoms with van der Waals surface area (Å²) >= 11 is 0. The molecule has 4 nitrogen and oxygen atoms in total. The van der Waals surface area contributed by atoms with E-state index in [4.69, 9.17) is 5.84 Å². The van der Waals surface area contributed by atoms with Gasteiger partial charge in [-0.3, -0.25) is 5.17 Å². The number of hydrogen-bond donors (Lipinski definition) is 2. The van der Waals surface area contributed by atoms with E-state index in [9.17, 15) is 10.0 Å². The number of Topliss-reactive ketones (excluding diaryl/α,β-unsaturated/α-hetero) is 1. The summed E-state index contributed by atoms with van der Waals surface area (Å²) in [5.41, 5.74) is 0. The summed E-state index contributed by atoms with van der Waals surface area (Å²) in [6.45, 7) is 2.14. The average molecular weight is 202 g/mol. The lowest BCUT2D eigenvalue weighted by Gasteiger charge is -2.13. The van der Waals surface area contributed by atoms with Crippen LogP contribution in [0.1, 0.15) is 51.9 Å². The lowest BCUT2D eigenvalue weighted by atomic mass is 10.1. The van der Waals surface area contributed by atoms with Crippen LogP contribution in [-0.2, 0) is 4.79 Å². The molecule has 0 saturated carbocycles. The number of hydroxylamine groups is 1. The van der Waals surface area contributed by atoms with Crippen molar-refractivity contribution < 1.29 is 9.97 Å². The van der Waals surface area contributed by atoms with E-state index in [0.717, 1.165) is 38.5 Å². The van der Waals surface area contributed by atoms with Crippen molar-refractivity contribution in [3.8, 4) is 0 Å². The Balaban J connectivity index is 2.96. The van der Waals surface area contributed by atoms with Gasteiger partial charge in [0, 0.05) is 6.42 Å². The number of ketones is 1. The first kappa shape index (κ1) is 13.5. The lowest BCUT2D eigenvalue weighted by molar-refractivity contribution is -0.861. The highest BCUT2D eigenvalue weighted by Crippen LogP contribution is 2.06. The van der Waals surface area contributed by atoms with Crippen LogP contribution in [0.5, 0.6) is 0 Å². The first-order valence-electron chi connectivity index (χ1n) is 5.40. The Bertz CT molecular complexity index is 149. The van der Waals surface area contributed by atoms with Crippen LogP contribution >= 0.6 is 0 Å². The van der Waals surface area contributed by atoms with Crippen molar-refractivity contribution in [3.63, 3.8) is 0 Å². The standard InChI is InChI=1S/C10H22N2O2/c1-10(13)8-6-4-2-3-5-7-9-12(11)14/h12H,2-9,11H2,1H3. The number of rotatable bonds is 9. The van der Waals surface area contributed by atoms with Gasteiger partial charge >= 0.3 is 0 Å². The van der Waals surface area contributed by atoms with Crippen molar-refractivity contribution in [1.82, 2.24) is 0 Å². The summed E-state index contributed by atoms with van der Waals surface area (Å²) in [5, 5.41) is 10.2. The molecule has 0 saturated heterocycles. The highest BCUT2D eigenvalue weighted by Gasteiger charge is 1.95. The van der Waals surface area contributed by atoms with Crippen LogP contribution in [0.4, 0.5) is 0 Å². The van der Waals surface area contributed by atoms with Crippen LogP contribution in [0.25, 0.3) is 0 Å². The highest BCUT2D eigenvalue weighted by atomic mass is 16.5. The molecule has 0 aromatic rings. The molecule has 1 atom stereocenters. The molecule has 1 unspecified atom stereocenters. The molecule has 0 spiro atoms. The van der Waals surface area contributed by atoms with Crippen LogP contribution in [0.2, 0.25) is 0 Å². The van der Waals surface area contributed by atoms with E-state index < -0.39 is 0 Å². The molecule has 0 bridgehead atoms. The second-order valence-electron chi connectivity index (χ2n) is 3.79. The minimum absolute atomic E-state index is 0.207. The summed E-state index contributed by atoms with van der Waals surface area (Å²) in [5.74, 6) is 5.29. The monoisotopic (exact) mass is 202 g/mol. The molecule has 0 heterocycles. The van der Waals surface area contributed by atoms with E-state index in [0.29, 0.717) is 13.0 Å². The topological polar surface area (TPSA) is 70.6 Å². The second-order valence-corrected chi connectivity index (χ2v) is 3.79. The van der Waals surface area contributed by atoms with Gasteiger partial charge in [-0.15, -0.1) is 0 Å². The molecule has 3 N–H and O–H groups in total. The van der Waals surface area contributed by atoms with Crippen molar-refractivity contribution in [1.29, 1.82) is 0 Å². The smallest absolute Gasteiger partial charge is 0.129 e. The molecule has 0 aromatic carbocycles. The zero-order valence-electron chi connectivity index (χ0n) is 9.05. The maximum atomic E-state index is 10.6. The van der Waals surface area contributed by atoms with Gasteiger partial charge < -0.3 is 10.0 Å². The Hall–Kier alpha value is -0.450. The molecular formula is C10H22N2O2. The van der Waals surface area contributed by atoms with Gasteiger partial charge in [-0.25, -0.2) is 0 Å². The Morgan fingerprint density at radius 2 is 1.64 bits per heavy atom. The first-order chi connectivity index (χ1) is 6.63. The number of unbranched alkanes of at least 4 members (excludes halogenated alkanes) is 5. The maximum absolute atomic E-state index is 10.6. The van der Waals surface area contributed by atoms with E-state index in [-0.39, 0.29) is 11.0 Å². The van der Waals surface area contributed by atoms with Crippen molar-refractivity contribution >= 4 is 5.78 Å². The average Bonchev–Trinajstić information content (AvgIpc) is 2.08. The molecule has 0 aromatic heterocycles. The van der Waals surface area contributed by atoms with E-state index in [1.165, 1.54) is 0 Å². The highest BCUT2D eigenvalue weighted by molar-refractivity contribution is 5.75. The Kier molecular flexibility index (Phi) is 8.83. The van der Waals surface area contributed by atoms with Crippen LogP contribution in [-0.4, -0.2) is 12.3 Å². The zero-order valence-corrected chi connectivity index (χ0v) is 9.05. The largest absolute Gasteiger partial charge is 0.613 e. The van der Waals surface area contributed by atoms with Gasteiger partial charge in [0.25, 0.3) is 0 Å².